The topological polar surface area (TPSA) is 68.6 Å². The monoisotopic (exact) mass is 444 g/mol. The van der Waals surface area contributed by atoms with Crippen LogP contribution in [-0.4, -0.2) is 49.1 Å². The molecule has 4 rings (SSSR count). The molecule has 31 heavy (non-hydrogen) atoms. The molecule has 8 heteroatoms. The maximum atomic E-state index is 14.1. The normalized spacial score (nSPS) is 19.6. The lowest BCUT2D eigenvalue weighted by Gasteiger charge is -2.35. The molecule has 3 aromatic rings. The van der Waals surface area contributed by atoms with Gasteiger partial charge in [-0.25, -0.2) is 12.8 Å². The average molecular weight is 445 g/mol. The fraction of sp³-hybridized carbons (Fsp3) is 0.348. The Kier molecular flexibility index (Phi) is 5.85. The first-order valence-electron chi connectivity index (χ1n) is 10.2. The minimum Gasteiger partial charge on any atom is -0.372 e. The number of nitrogens with zero attached hydrogens (tertiary/aromatic N) is 2. The summed E-state index contributed by atoms with van der Waals surface area (Å²) in [6, 6.07) is 12.9. The van der Waals surface area contributed by atoms with Crippen molar-refractivity contribution in [1.29, 1.82) is 0 Å². The highest BCUT2D eigenvalue weighted by molar-refractivity contribution is 7.90. The van der Waals surface area contributed by atoms with E-state index >= 15 is 0 Å². The number of aromatic nitrogens is 1. The van der Waals surface area contributed by atoms with Crippen LogP contribution in [-0.2, 0) is 31.7 Å². The number of hydrogen-bond acceptors (Lipinski definition) is 4. The Morgan fingerprint density at radius 3 is 2.42 bits per heavy atom. The van der Waals surface area contributed by atoms with E-state index in [2.05, 4.69) is 0 Å². The van der Waals surface area contributed by atoms with Crippen molar-refractivity contribution >= 4 is 26.6 Å². The van der Waals surface area contributed by atoms with Crippen molar-refractivity contribution in [2.24, 2.45) is 0 Å². The molecule has 0 radical (unpaired) electrons. The minimum absolute atomic E-state index is 0.0230. The van der Waals surface area contributed by atoms with Crippen molar-refractivity contribution in [1.82, 2.24) is 9.47 Å². The van der Waals surface area contributed by atoms with Crippen LogP contribution in [0.4, 0.5) is 4.39 Å². The van der Waals surface area contributed by atoms with E-state index in [1.165, 1.54) is 24.4 Å². The van der Waals surface area contributed by atoms with Crippen molar-refractivity contribution in [2.45, 2.75) is 43.2 Å². The van der Waals surface area contributed by atoms with Crippen molar-refractivity contribution in [3.63, 3.8) is 0 Å². The maximum absolute atomic E-state index is 14.1. The molecule has 1 amide bonds. The van der Waals surface area contributed by atoms with Crippen molar-refractivity contribution < 1.29 is 22.3 Å². The van der Waals surface area contributed by atoms with Crippen LogP contribution in [0.15, 0.2) is 59.6 Å². The number of rotatable bonds is 5. The van der Waals surface area contributed by atoms with Crippen molar-refractivity contribution in [3.8, 4) is 0 Å². The molecular formula is C23H25FN2O4S. The maximum Gasteiger partial charge on any atom is 0.242 e. The number of para-hydroxylation sites is 1. The van der Waals surface area contributed by atoms with Crippen LogP contribution in [0.3, 0.4) is 0 Å². The lowest BCUT2D eigenvalue weighted by atomic mass is 10.2. The Labute approximate surface area is 181 Å². The summed E-state index contributed by atoms with van der Waals surface area (Å²) in [4.78, 5) is 14.8. The Morgan fingerprint density at radius 2 is 1.71 bits per heavy atom. The van der Waals surface area contributed by atoms with Gasteiger partial charge in [-0.3, -0.25) is 4.79 Å². The fourth-order valence-corrected chi connectivity index (χ4v) is 5.71. The summed E-state index contributed by atoms with van der Waals surface area (Å²) in [5, 5.41) is 0.523. The molecule has 1 aliphatic heterocycles. The standard InChI is InChI=1S/C23H25FN2O4S/c1-16-11-26(12-17(2)30-16)23(27)14-25-13-22(19-8-4-6-10-21(19)25)31(28,29)15-18-7-3-5-9-20(18)24/h3-10,13,16-17H,11-12,14-15H2,1-2H3. The van der Waals surface area contributed by atoms with E-state index in [9.17, 15) is 17.6 Å². The molecule has 6 nitrogen and oxygen atoms in total. The van der Waals surface area contributed by atoms with Gasteiger partial charge in [0, 0.05) is 35.8 Å². The van der Waals surface area contributed by atoms with Crippen LogP contribution in [0.5, 0.6) is 0 Å². The molecule has 0 spiro atoms. The van der Waals surface area contributed by atoms with E-state index in [0.29, 0.717) is 24.0 Å². The summed E-state index contributed by atoms with van der Waals surface area (Å²) >= 11 is 0. The van der Waals surface area contributed by atoms with E-state index in [0.717, 1.165) is 0 Å². The second-order valence-corrected chi connectivity index (χ2v) is 10.0. The van der Waals surface area contributed by atoms with Gasteiger partial charge >= 0.3 is 0 Å². The summed E-state index contributed by atoms with van der Waals surface area (Å²) in [5.74, 6) is -1.10. The van der Waals surface area contributed by atoms with Gasteiger partial charge in [-0.05, 0) is 26.0 Å². The second-order valence-electron chi connectivity index (χ2n) is 8.04. The number of carbonyl (C=O) groups is 1. The van der Waals surface area contributed by atoms with E-state index in [-0.39, 0.29) is 35.1 Å². The highest BCUT2D eigenvalue weighted by atomic mass is 32.2. The van der Waals surface area contributed by atoms with Gasteiger partial charge in [0.2, 0.25) is 5.91 Å². The molecule has 164 valence electrons. The third-order valence-corrected chi connectivity index (χ3v) is 7.15. The molecule has 2 aromatic carbocycles. The zero-order valence-corrected chi connectivity index (χ0v) is 18.3. The Hall–Kier alpha value is -2.71. The van der Waals surface area contributed by atoms with Crippen LogP contribution in [0.25, 0.3) is 10.9 Å². The first-order valence-corrected chi connectivity index (χ1v) is 11.9. The number of ether oxygens (including phenoxy) is 1. The van der Waals surface area contributed by atoms with Crippen molar-refractivity contribution in [2.75, 3.05) is 13.1 Å². The predicted molar refractivity (Wildman–Crippen MR) is 116 cm³/mol. The SMILES string of the molecule is CC1CN(C(=O)Cn2cc(S(=O)(=O)Cc3ccccc3F)c3ccccc32)CC(C)O1. The van der Waals surface area contributed by atoms with Crippen LogP contribution >= 0.6 is 0 Å². The van der Waals surface area contributed by atoms with E-state index in [4.69, 9.17) is 4.74 Å². The Bertz CT molecular complexity index is 1210. The van der Waals surface area contributed by atoms with E-state index in [1.807, 2.05) is 13.8 Å². The number of hydrogen-bond donors (Lipinski definition) is 0. The number of sulfone groups is 1. The molecule has 2 heterocycles. The number of fused-ring (bicyclic) bond motifs is 1. The van der Waals surface area contributed by atoms with Crippen LogP contribution in [0.2, 0.25) is 0 Å². The molecule has 1 saturated heterocycles. The number of carbonyl (C=O) groups excluding carboxylic acids is 1. The third kappa shape index (κ3) is 4.50. The van der Waals surface area contributed by atoms with Crippen LogP contribution in [0, 0.1) is 5.82 Å². The average Bonchev–Trinajstić information content (AvgIpc) is 3.08. The Morgan fingerprint density at radius 1 is 1.06 bits per heavy atom. The number of halogens is 1. The number of morpholine rings is 1. The summed E-state index contributed by atoms with van der Waals surface area (Å²) in [7, 11) is -3.83. The lowest BCUT2D eigenvalue weighted by Crippen LogP contribution is -2.49. The van der Waals surface area contributed by atoms with Gasteiger partial charge in [-0.2, -0.15) is 0 Å². The fourth-order valence-electron chi connectivity index (χ4n) is 4.12. The highest BCUT2D eigenvalue weighted by Gasteiger charge is 2.28. The molecule has 0 bridgehead atoms. The van der Waals surface area contributed by atoms with Gasteiger partial charge in [0.1, 0.15) is 12.4 Å². The molecule has 1 aromatic heterocycles. The quantitative estimate of drug-likeness (QED) is 0.605. The molecule has 1 fully saturated rings. The lowest BCUT2D eigenvalue weighted by molar-refractivity contribution is -0.143. The summed E-state index contributed by atoms with van der Waals surface area (Å²) < 4.78 is 47.7. The van der Waals surface area contributed by atoms with Gasteiger partial charge in [-0.15, -0.1) is 0 Å². The van der Waals surface area contributed by atoms with Gasteiger partial charge in [0.05, 0.1) is 22.9 Å². The van der Waals surface area contributed by atoms with Gasteiger partial charge in [0.15, 0.2) is 9.84 Å². The first kappa shape index (κ1) is 21.5. The largest absolute Gasteiger partial charge is 0.372 e. The zero-order valence-electron chi connectivity index (χ0n) is 17.5. The van der Waals surface area contributed by atoms with Crippen molar-refractivity contribution in [3.05, 3.63) is 66.1 Å². The smallest absolute Gasteiger partial charge is 0.242 e. The summed E-state index contributed by atoms with van der Waals surface area (Å²) in [5.41, 5.74) is 0.768. The molecule has 1 aliphatic rings. The van der Waals surface area contributed by atoms with Crippen LogP contribution < -0.4 is 0 Å². The van der Waals surface area contributed by atoms with E-state index < -0.39 is 21.4 Å². The zero-order chi connectivity index (χ0) is 22.2. The third-order valence-electron chi connectivity index (χ3n) is 5.47. The Balaban J connectivity index is 1.66. The highest BCUT2D eigenvalue weighted by Crippen LogP contribution is 2.29. The van der Waals surface area contributed by atoms with Crippen LogP contribution in [0.1, 0.15) is 19.4 Å². The minimum atomic E-state index is -3.83. The first-order chi connectivity index (χ1) is 14.7. The van der Waals surface area contributed by atoms with Gasteiger partial charge < -0.3 is 14.2 Å². The summed E-state index contributed by atoms with van der Waals surface area (Å²) in [6.07, 6.45) is 1.39. The molecule has 0 aliphatic carbocycles. The summed E-state index contributed by atoms with van der Waals surface area (Å²) in [6.45, 7) is 4.87. The molecule has 0 saturated carbocycles. The van der Waals surface area contributed by atoms with Gasteiger partial charge in [0.25, 0.3) is 0 Å². The van der Waals surface area contributed by atoms with E-state index in [1.54, 1.807) is 39.8 Å². The molecule has 2 atom stereocenters. The van der Waals surface area contributed by atoms with Gasteiger partial charge in [-0.1, -0.05) is 36.4 Å². The molecule has 2 unspecified atom stereocenters. The second kappa shape index (κ2) is 8.43. The predicted octanol–water partition coefficient (Wildman–Crippen LogP) is 3.39. The molecule has 0 N–H and O–H groups in total. The number of amides is 1. The molecular weight excluding hydrogens is 419 g/mol. The number of benzene rings is 2.